The smallest absolute Gasteiger partial charge is 0.318 e. The fourth-order valence-corrected chi connectivity index (χ4v) is 1.76. The molecule has 0 aromatic carbocycles. The summed E-state index contributed by atoms with van der Waals surface area (Å²) in [6.45, 7) is 2.88. The highest BCUT2D eigenvalue weighted by Gasteiger charge is 2.18. The van der Waals surface area contributed by atoms with E-state index in [1.807, 2.05) is 0 Å². The summed E-state index contributed by atoms with van der Waals surface area (Å²) in [6, 6.07) is 0. The molecule has 0 aromatic rings. The van der Waals surface area contributed by atoms with E-state index in [1.165, 1.54) is 13.1 Å². The Morgan fingerprint density at radius 3 is 2.54 bits per heavy atom. The average Bonchev–Trinajstić information content (AvgIpc) is 1.99. The van der Waals surface area contributed by atoms with Crippen LogP contribution in [0.4, 0.5) is 0 Å². The number of hydrogen-bond donors (Lipinski definition) is 1. The van der Waals surface area contributed by atoms with E-state index < -0.39 is 22.5 Å². The molecule has 0 aliphatic heterocycles. The molecule has 0 aliphatic carbocycles. The van der Waals surface area contributed by atoms with Crippen molar-refractivity contribution in [2.24, 2.45) is 0 Å². The van der Waals surface area contributed by atoms with Gasteiger partial charge in [0.2, 0.25) is 10.0 Å². The largest absolute Gasteiger partial charge is 0.480 e. The molecular weight excluding hydrogens is 194 g/mol. The number of sulfonamides is 1. The van der Waals surface area contributed by atoms with Crippen LogP contribution in [0.5, 0.6) is 0 Å². The van der Waals surface area contributed by atoms with Crippen molar-refractivity contribution in [3.63, 3.8) is 0 Å². The Kier molecular flexibility index (Phi) is 4.64. The van der Waals surface area contributed by atoms with E-state index in [1.54, 1.807) is 0 Å². The predicted molar refractivity (Wildman–Crippen MR) is 48.9 cm³/mol. The molecule has 0 unspecified atom stereocenters. The van der Waals surface area contributed by atoms with Gasteiger partial charge < -0.3 is 5.11 Å². The van der Waals surface area contributed by atoms with Gasteiger partial charge in [-0.3, -0.25) is 4.79 Å². The maximum atomic E-state index is 11.2. The number of rotatable bonds is 6. The van der Waals surface area contributed by atoms with Crippen molar-refractivity contribution in [2.45, 2.75) is 6.42 Å². The van der Waals surface area contributed by atoms with Crippen LogP contribution in [0.1, 0.15) is 6.42 Å². The van der Waals surface area contributed by atoms with Gasteiger partial charge in [0.15, 0.2) is 0 Å². The van der Waals surface area contributed by atoms with Gasteiger partial charge in [0.25, 0.3) is 0 Å². The van der Waals surface area contributed by atoms with E-state index in [-0.39, 0.29) is 5.75 Å². The summed E-state index contributed by atoms with van der Waals surface area (Å²) in [7, 11) is -2.19. The van der Waals surface area contributed by atoms with Gasteiger partial charge in [-0.2, -0.15) is 4.31 Å². The van der Waals surface area contributed by atoms with Crippen molar-refractivity contribution in [1.82, 2.24) is 4.31 Å². The number of allylic oxidation sites excluding steroid dienone is 1. The molecule has 0 aromatic heterocycles. The van der Waals surface area contributed by atoms with Crippen LogP contribution in [0, 0.1) is 0 Å². The fourth-order valence-electron chi connectivity index (χ4n) is 0.677. The van der Waals surface area contributed by atoms with E-state index >= 15 is 0 Å². The Morgan fingerprint density at radius 1 is 1.62 bits per heavy atom. The molecule has 0 radical (unpaired) electrons. The molecular formula is C7H13NO4S. The van der Waals surface area contributed by atoms with Crippen LogP contribution >= 0.6 is 0 Å². The number of nitrogens with zero attached hydrogens (tertiary/aromatic N) is 1. The molecule has 1 N–H and O–H groups in total. The van der Waals surface area contributed by atoms with Crippen molar-refractivity contribution in [2.75, 3.05) is 19.3 Å². The predicted octanol–water partition coefficient (Wildman–Crippen LogP) is -0.0913. The van der Waals surface area contributed by atoms with Crippen molar-refractivity contribution >= 4 is 16.0 Å². The van der Waals surface area contributed by atoms with E-state index in [4.69, 9.17) is 5.11 Å². The summed E-state index contributed by atoms with van der Waals surface area (Å²) < 4.78 is 23.3. The van der Waals surface area contributed by atoms with E-state index in [0.29, 0.717) is 6.42 Å². The molecule has 0 spiro atoms. The zero-order valence-corrected chi connectivity index (χ0v) is 8.25. The van der Waals surface area contributed by atoms with Gasteiger partial charge in [0.05, 0.1) is 5.75 Å². The molecule has 13 heavy (non-hydrogen) atoms. The van der Waals surface area contributed by atoms with Crippen LogP contribution in [-0.4, -0.2) is 43.1 Å². The summed E-state index contributed by atoms with van der Waals surface area (Å²) in [5.41, 5.74) is 0. The molecule has 0 amide bonds. The molecule has 6 heteroatoms. The minimum Gasteiger partial charge on any atom is -0.480 e. The van der Waals surface area contributed by atoms with Gasteiger partial charge in [0.1, 0.15) is 6.54 Å². The van der Waals surface area contributed by atoms with Gasteiger partial charge in [-0.05, 0) is 6.42 Å². The second-order valence-electron chi connectivity index (χ2n) is 2.54. The maximum Gasteiger partial charge on any atom is 0.318 e. The van der Waals surface area contributed by atoms with Gasteiger partial charge in [0, 0.05) is 7.05 Å². The number of hydrogen-bond acceptors (Lipinski definition) is 3. The minimum absolute atomic E-state index is 0.0969. The average molecular weight is 207 g/mol. The topological polar surface area (TPSA) is 74.7 Å². The number of carboxylic acids is 1. The van der Waals surface area contributed by atoms with Crippen LogP contribution in [-0.2, 0) is 14.8 Å². The van der Waals surface area contributed by atoms with Crippen LogP contribution in [0.15, 0.2) is 12.7 Å². The lowest BCUT2D eigenvalue weighted by atomic mass is 10.5. The molecule has 5 nitrogen and oxygen atoms in total. The summed E-state index contributed by atoms with van der Waals surface area (Å²) in [6.07, 6.45) is 1.80. The Hall–Kier alpha value is -0.880. The first kappa shape index (κ1) is 12.1. The summed E-state index contributed by atoms with van der Waals surface area (Å²) in [5.74, 6) is -1.26. The van der Waals surface area contributed by atoms with Crippen molar-refractivity contribution in [1.29, 1.82) is 0 Å². The highest BCUT2D eigenvalue weighted by molar-refractivity contribution is 7.89. The quantitative estimate of drug-likeness (QED) is 0.618. The third-order valence-electron chi connectivity index (χ3n) is 1.41. The second-order valence-corrected chi connectivity index (χ2v) is 4.74. The van der Waals surface area contributed by atoms with E-state index in [0.717, 1.165) is 4.31 Å². The van der Waals surface area contributed by atoms with Gasteiger partial charge in [-0.1, -0.05) is 6.08 Å². The zero-order chi connectivity index (χ0) is 10.5. The molecule has 0 saturated heterocycles. The third kappa shape index (κ3) is 4.64. The molecule has 0 bridgehead atoms. The van der Waals surface area contributed by atoms with Crippen molar-refractivity contribution < 1.29 is 18.3 Å². The van der Waals surface area contributed by atoms with Crippen molar-refractivity contribution in [3.05, 3.63) is 12.7 Å². The molecule has 0 heterocycles. The highest BCUT2D eigenvalue weighted by atomic mass is 32.2. The summed E-state index contributed by atoms with van der Waals surface area (Å²) in [4.78, 5) is 10.2. The summed E-state index contributed by atoms with van der Waals surface area (Å²) >= 11 is 0. The van der Waals surface area contributed by atoms with Crippen LogP contribution in [0.25, 0.3) is 0 Å². The standard InChI is InChI=1S/C7H13NO4S/c1-3-4-5-13(11,12)8(2)6-7(9)10/h3H,1,4-6H2,2H3,(H,9,10). The summed E-state index contributed by atoms with van der Waals surface area (Å²) in [5, 5.41) is 8.35. The Labute approximate surface area is 77.7 Å². The third-order valence-corrected chi connectivity index (χ3v) is 3.24. The second kappa shape index (κ2) is 4.98. The molecule has 0 rings (SSSR count). The number of aliphatic carboxylic acids is 1. The Balaban J connectivity index is 4.27. The SMILES string of the molecule is C=CCCS(=O)(=O)N(C)CC(=O)O. The lowest BCUT2D eigenvalue weighted by Gasteiger charge is -2.13. The van der Waals surface area contributed by atoms with Crippen LogP contribution in [0.3, 0.4) is 0 Å². The normalized spacial score (nSPS) is 11.5. The fraction of sp³-hybridized carbons (Fsp3) is 0.571. The highest BCUT2D eigenvalue weighted by Crippen LogP contribution is 1.99. The number of likely N-dealkylation sites (N-methyl/N-ethyl adjacent to an activating group) is 1. The van der Waals surface area contributed by atoms with Gasteiger partial charge >= 0.3 is 5.97 Å². The Morgan fingerprint density at radius 2 is 2.15 bits per heavy atom. The number of carbonyl (C=O) groups is 1. The van der Waals surface area contributed by atoms with Gasteiger partial charge in [-0.15, -0.1) is 6.58 Å². The first-order valence-electron chi connectivity index (χ1n) is 3.67. The Bertz CT molecular complexity index is 283. The monoisotopic (exact) mass is 207 g/mol. The zero-order valence-electron chi connectivity index (χ0n) is 7.43. The molecule has 0 aliphatic rings. The lowest BCUT2D eigenvalue weighted by molar-refractivity contribution is -0.137. The number of carboxylic acid groups (broad SMARTS) is 1. The molecule has 76 valence electrons. The maximum absolute atomic E-state index is 11.2. The lowest BCUT2D eigenvalue weighted by Crippen LogP contribution is -2.33. The van der Waals surface area contributed by atoms with Crippen LogP contribution < -0.4 is 0 Å². The first-order valence-corrected chi connectivity index (χ1v) is 5.27. The van der Waals surface area contributed by atoms with E-state index in [9.17, 15) is 13.2 Å². The minimum atomic E-state index is -3.44. The van der Waals surface area contributed by atoms with E-state index in [2.05, 4.69) is 6.58 Å². The first-order chi connectivity index (χ1) is 5.90. The van der Waals surface area contributed by atoms with Crippen molar-refractivity contribution in [3.8, 4) is 0 Å². The van der Waals surface area contributed by atoms with Gasteiger partial charge in [-0.25, -0.2) is 8.42 Å². The molecule has 0 atom stereocenters. The van der Waals surface area contributed by atoms with Crippen LogP contribution in [0.2, 0.25) is 0 Å². The molecule has 0 saturated carbocycles. The molecule has 0 fully saturated rings.